The Labute approximate surface area is 132 Å². The molecule has 0 saturated heterocycles. The van der Waals surface area contributed by atoms with Gasteiger partial charge in [-0.05, 0) is 5.56 Å². The maximum Gasteiger partial charge on any atom is 0.253 e. The molecule has 2 aliphatic heterocycles. The predicted molar refractivity (Wildman–Crippen MR) is 80.9 cm³/mol. The van der Waals surface area contributed by atoms with Gasteiger partial charge in [0.05, 0.1) is 0 Å². The fourth-order valence-corrected chi connectivity index (χ4v) is 2.66. The molecule has 6 heteroatoms. The summed E-state index contributed by atoms with van der Waals surface area (Å²) in [6.45, 7) is 0.234. The Hall–Kier alpha value is -3.02. The lowest BCUT2D eigenvalue weighted by Crippen LogP contribution is -2.40. The van der Waals surface area contributed by atoms with E-state index >= 15 is 0 Å². The number of benzene rings is 1. The summed E-state index contributed by atoms with van der Waals surface area (Å²) in [6, 6.07) is 9.21. The zero-order chi connectivity index (χ0) is 16.4. The molecule has 0 unspecified atom stereocenters. The molecule has 0 fully saturated rings. The molecule has 1 aromatic carbocycles. The number of rotatable bonds is 5. The van der Waals surface area contributed by atoms with Crippen LogP contribution in [0.1, 0.15) is 11.5 Å². The molecule has 2 heterocycles. The van der Waals surface area contributed by atoms with Gasteiger partial charge >= 0.3 is 0 Å². The van der Waals surface area contributed by atoms with E-state index in [0.29, 0.717) is 0 Å². The second-order valence-corrected chi connectivity index (χ2v) is 5.35. The van der Waals surface area contributed by atoms with Gasteiger partial charge in [-0.15, -0.1) is 0 Å². The minimum atomic E-state index is -0.381. The Kier molecular flexibility index (Phi) is 3.89. The lowest BCUT2D eigenvalue weighted by molar-refractivity contribution is -0.137. The minimum Gasteiger partial charge on any atom is -0.275 e. The van der Waals surface area contributed by atoms with Crippen molar-refractivity contribution >= 4 is 23.6 Å². The van der Waals surface area contributed by atoms with Gasteiger partial charge in [0.15, 0.2) is 0 Å². The topological polar surface area (TPSA) is 74.8 Å². The first kappa shape index (κ1) is 14.9. The smallest absolute Gasteiger partial charge is 0.253 e. The summed E-state index contributed by atoms with van der Waals surface area (Å²) in [5.41, 5.74) is 0.854. The van der Waals surface area contributed by atoms with Crippen molar-refractivity contribution in [1.82, 2.24) is 9.80 Å². The third-order valence-corrected chi connectivity index (χ3v) is 3.88. The van der Waals surface area contributed by atoms with Crippen molar-refractivity contribution in [3.05, 3.63) is 60.2 Å². The zero-order valence-electron chi connectivity index (χ0n) is 12.2. The van der Waals surface area contributed by atoms with Crippen molar-refractivity contribution in [3.63, 3.8) is 0 Å². The Balaban J connectivity index is 1.83. The summed E-state index contributed by atoms with van der Waals surface area (Å²) < 4.78 is 0. The molecule has 3 rings (SSSR count). The summed E-state index contributed by atoms with van der Waals surface area (Å²) >= 11 is 0. The molecule has 0 aliphatic carbocycles. The van der Waals surface area contributed by atoms with Crippen LogP contribution in [0.3, 0.4) is 0 Å². The van der Waals surface area contributed by atoms with Crippen molar-refractivity contribution in [2.75, 3.05) is 13.1 Å². The van der Waals surface area contributed by atoms with E-state index in [-0.39, 0.29) is 42.6 Å². The molecule has 0 radical (unpaired) electrons. The molecule has 0 spiro atoms. The number of carbonyl (C=O) groups is 4. The number of amides is 4. The summed E-state index contributed by atoms with van der Waals surface area (Å²) in [4.78, 5) is 49.3. The first-order valence-electron chi connectivity index (χ1n) is 7.18. The van der Waals surface area contributed by atoms with Gasteiger partial charge in [0.1, 0.15) is 0 Å². The SMILES string of the molecule is O=C1C=CC(=O)N1CC(CN1C(=O)C=CC1=O)c1ccccc1. The highest BCUT2D eigenvalue weighted by atomic mass is 16.2. The highest BCUT2D eigenvalue weighted by molar-refractivity contribution is 6.13. The molecule has 6 nitrogen and oxygen atoms in total. The standard InChI is InChI=1S/C17H14N2O4/c20-14-6-7-15(21)18(14)10-13(12-4-2-1-3-5-12)11-19-16(22)8-9-17(19)23/h1-9,13H,10-11H2. The van der Waals surface area contributed by atoms with Crippen LogP contribution < -0.4 is 0 Å². The molecule has 0 N–H and O–H groups in total. The average molecular weight is 310 g/mol. The summed E-state index contributed by atoms with van der Waals surface area (Å²) in [6.07, 6.45) is 4.88. The first-order chi connectivity index (χ1) is 11.1. The van der Waals surface area contributed by atoms with Crippen molar-refractivity contribution in [2.24, 2.45) is 0 Å². The van der Waals surface area contributed by atoms with Crippen LogP contribution in [0.2, 0.25) is 0 Å². The van der Waals surface area contributed by atoms with Gasteiger partial charge in [-0.1, -0.05) is 30.3 Å². The third-order valence-electron chi connectivity index (χ3n) is 3.88. The van der Waals surface area contributed by atoms with E-state index < -0.39 is 0 Å². The predicted octanol–water partition coefficient (Wildman–Crippen LogP) is 0.620. The molecule has 4 amide bonds. The molecular formula is C17H14N2O4. The van der Waals surface area contributed by atoms with E-state index in [1.807, 2.05) is 30.3 Å². The van der Waals surface area contributed by atoms with E-state index in [1.54, 1.807) is 0 Å². The molecule has 0 saturated carbocycles. The van der Waals surface area contributed by atoms with Crippen LogP contribution >= 0.6 is 0 Å². The number of carbonyl (C=O) groups excluding carboxylic acids is 4. The van der Waals surface area contributed by atoms with Crippen molar-refractivity contribution in [2.45, 2.75) is 5.92 Å². The van der Waals surface area contributed by atoms with E-state index in [1.165, 1.54) is 24.3 Å². The summed E-state index contributed by atoms with van der Waals surface area (Å²) in [5, 5.41) is 0. The fourth-order valence-electron chi connectivity index (χ4n) is 2.66. The monoisotopic (exact) mass is 310 g/mol. The number of hydrogen-bond acceptors (Lipinski definition) is 4. The Morgan fingerprint density at radius 1 is 0.652 bits per heavy atom. The van der Waals surface area contributed by atoms with E-state index in [4.69, 9.17) is 0 Å². The van der Waals surface area contributed by atoms with Gasteiger partial charge in [0, 0.05) is 43.3 Å². The first-order valence-corrected chi connectivity index (χ1v) is 7.18. The number of hydrogen-bond donors (Lipinski definition) is 0. The third kappa shape index (κ3) is 2.96. The van der Waals surface area contributed by atoms with E-state index in [0.717, 1.165) is 15.4 Å². The molecule has 0 bridgehead atoms. The molecule has 116 valence electrons. The van der Waals surface area contributed by atoms with Crippen LogP contribution in [0.5, 0.6) is 0 Å². The molecule has 23 heavy (non-hydrogen) atoms. The second kappa shape index (κ2) is 6.00. The van der Waals surface area contributed by atoms with E-state index in [9.17, 15) is 19.2 Å². The maximum absolute atomic E-state index is 11.8. The lowest BCUT2D eigenvalue weighted by Gasteiger charge is -2.26. The van der Waals surface area contributed by atoms with Crippen molar-refractivity contribution in [1.29, 1.82) is 0 Å². The highest BCUT2D eigenvalue weighted by Crippen LogP contribution is 2.22. The Morgan fingerprint density at radius 3 is 1.43 bits per heavy atom. The number of nitrogens with zero attached hydrogens (tertiary/aromatic N) is 2. The van der Waals surface area contributed by atoms with Crippen LogP contribution in [-0.2, 0) is 19.2 Å². The zero-order valence-corrected chi connectivity index (χ0v) is 12.2. The molecule has 1 aromatic rings. The van der Waals surface area contributed by atoms with Gasteiger partial charge < -0.3 is 0 Å². The molecule has 0 atom stereocenters. The Morgan fingerprint density at radius 2 is 1.04 bits per heavy atom. The normalized spacial score (nSPS) is 17.3. The summed E-state index contributed by atoms with van der Waals surface area (Å²) in [7, 11) is 0. The highest BCUT2D eigenvalue weighted by Gasteiger charge is 2.31. The second-order valence-electron chi connectivity index (χ2n) is 5.35. The Bertz CT molecular complexity index is 656. The minimum absolute atomic E-state index is 0.117. The quantitative estimate of drug-likeness (QED) is 0.747. The molecule has 2 aliphatic rings. The summed E-state index contributed by atoms with van der Waals surface area (Å²) in [5.74, 6) is -1.86. The van der Waals surface area contributed by atoms with Crippen molar-refractivity contribution < 1.29 is 19.2 Å². The fraction of sp³-hybridized carbons (Fsp3) is 0.176. The van der Waals surface area contributed by atoms with E-state index in [2.05, 4.69) is 0 Å². The van der Waals surface area contributed by atoms with Crippen molar-refractivity contribution in [3.8, 4) is 0 Å². The van der Waals surface area contributed by atoms with Gasteiger partial charge in [-0.25, -0.2) is 0 Å². The molecule has 0 aromatic heterocycles. The maximum atomic E-state index is 11.8. The molecular weight excluding hydrogens is 296 g/mol. The van der Waals surface area contributed by atoms with Crippen LogP contribution in [0.25, 0.3) is 0 Å². The van der Waals surface area contributed by atoms with Gasteiger partial charge in [0.2, 0.25) is 0 Å². The van der Waals surface area contributed by atoms with Crippen LogP contribution in [-0.4, -0.2) is 46.5 Å². The average Bonchev–Trinajstić information content (AvgIpc) is 3.04. The number of imide groups is 2. The van der Waals surface area contributed by atoms with Gasteiger partial charge in [-0.2, -0.15) is 0 Å². The van der Waals surface area contributed by atoms with Gasteiger partial charge in [-0.3, -0.25) is 29.0 Å². The van der Waals surface area contributed by atoms with Crippen LogP contribution in [0.15, 0.2) is 54.6 Å². The van der Waals surface area contributed by atoms with Crippen LogP contribution in [0.4, 0.5) is 0 Å². The van der Waals surface area contributed by atoms with Gasteiger partial charge in [0.25, 0.3) is 23.6 Å². The largest absolute Gasteiger partial charge is 0.275 e. The lowest BCUT2D eigenvalue weighted by atomic mass is 9.97. The van der Waals surface area contributed by atoms with Crippen LogP contribution in [0, 0.1) is 0 Å².